The fourth-order valence-electron chi connectivity index (χ4n) is 3.32. The van der Waals surface area contributed by atoms with E-state index in [1.165, 1.54) is 18.3 Å². The number of H-pyrrole nitrogens is 1. The normalized spacial score (nSPS) is 11.1. The van der Waals surface area contributed by atoms with Crippen LogP contribution < -0.4 is 20.7 Å². The van der Waals surface area contributed by atoms with E-state index in [1.54, 1.807) is 48.5 Å². The van der Waals surface area contributed by atoms with Gasteiger partial charge in [0.05, 0.1) is 32.2 Å². The van der Waals surface area contributed by atoms with Crippen LogP contribution in [0.1, 0.15) is 18.1 Å². The summed E-state index contributed by atoms with van der Waals surface area (Å²) < 4.78 is 13.2. The summed E-state index contributed by atoms with van der Waals surface area (Å²) in [5, 5.41) is 15.3. The van der Waals surface area contributed by atoms with E-state index < -0.39 is 16.2 Å². The number of nitro benzene ring substituents is 1. The van der Waals surface area contributed by atoms with Crippen molar-refractivity contribution < 1.29 is 14.4 Å². The summed E-state index contributed by atoms with van der Waals surface area (Å²) in [4.78, 5) is 38.1. The number of aromatic nitrogens is 2. The average Bonchev–Trinajstić information content (AvgIpc) is 2.84. The molecule has 0 radical (unpaired) electrons. The van der Waals surface area contributed by atoms with Gasteiger partial charge in [0.1, 0.15) is 6.61 Å². The number of hydrogen-bond acceptors (Lipinski definition) is 7. The SMILES string of the molecule is CCOc1cc(C=Nn2c(=O)[nH]c3ccccc3c2=O)cc(I)c1OCc1ccc([N+](=O)[O-])cc1. The van der Waals surface area contributed by atoms with Crippen LogP contribution in [0.25, 0.3) is 10.9 Å². The molecule has 1 aromatic heterocycles. The number of fused-ring (bicyclic) bond motifs is 1. The summed E-state index contributed by atoms with van der Waals surface area (Å²) in [7, 11) is 0. The zero-order valence-corrected chi connectivity index (χ0v) is 20.6. The van der Waals surface area contributed by atoms with Crippen LogP contribution >= 0.6 is 22.6 Å². The van der Waals surface area contributed by atoms with Crippen molar-refractivity contribution in [1.82, 2.24) is 9.66 Å². The Morgan fingerprint density at radius 3 is 2.57 bits per heavy atom. The van der Waals surface area contributed by atoms with Crippen molar-refractivity contribution in [3.8, 4) is 11.5 Å². The molecular weight excluding hydrogens is 567 g/mol. The molecule has 0 saturated heterocycles. The van der Waals surface area contributed by atoms with Crippen molar-refractivity contribution in [3.05, 3.63) is 106 Å². The Labute approximate surface area is 212 Å². The van der Waals surface area contributed by atoms with Crippen molar-refractivity contribution in [2.75, 3.05) is 6.61 Å². The van der Waals surface area contributed by atoms with Gasteiger partial charge in [0.25, 0.3) is 11.2 Å². The molecule has 0 spiro atoms. The van der Waals surface area contributed by atoms with E-state index in [4.69, 9.17) is 9.47 Å². The standard InChI is InChI=1S/C24H19IN4O6/c1-2-34-21-12-16(13-26-28-23(30)18-5-3-4-6-20(18)27-24(28)31)11-19(25)22(21)35-14-15-7-9-17(10-8-15)29(32)33/h3-13H,2,14H2,1H3,(H,27,31). The van der Waals surface area contributed by atoms with Crippen LogP contribution in [0.2, 0.25) is 0 Å². The lowest BCUT2D eigenvalue weighted by molar-refractivity contribution is -0.384. The second-order valence-corrected chi connectivity index (χ2v) is 8.47. The molecule has 0 unspecified atom stereocenters. The predicted molar refractivity (Wildman–Crippen MR) is 140 cm³/mol. The maximum absolute atomic E-state index is 12.7. The molecule has 10 nitrogen and oxygen atoms in total. The first-order valence-electron chi connectivity index (χ1n) is 10.5. The third kappa shape index (κ3) is 5.40. The van der Waals surface area contributed by atoms with Gasteiger partial charge in [-0.2, -0.15) is 5.10 Å². The Balaban J connectivity index is 1.61. The number of hydrogen-bond donors (Lipinski definition) is 1. The quantitative estimate of drug-likeness (QED) is 0.144. The monoisotopic (exact) mass is 586 g/mol. The van der Waals surface area contributed by atoms with Gasteiger partial charge in [-0.25, -0.2) is 4.79 Å². The summed E-state index contributed by atoms with van der Waals surface area (Å²) in [6.07, 6.45) is 1.40. The third-order valence-electron chi connectivity index (χ3n) is 4.97. The molecule has 0 saturated carbocycles. The number of rotatable bonds is 8. The van der Waals surface area contributed by atoms with Crippen LogP contribution in [0.3, 0.4) is 0 Å². The first-order chi connectivity index (χ1) is 16.9. The van der Waals surface area contributed by atoms with Crippen LogP contribution in [-0.2, 0) is 6.61 Å². The molecule has 4 aromatic rings. The van der Waals surface area contributed by atoms with Gasteiger partial charge in [0, 0.05) is 12.1 Å². The summed E-state index contributed by atoms with van der Waals surface area (Å²) in [6, 6.07) is 16.3. The molecule has 35 heavy (non-hydrogen) atoms. The number of nitrogens with one attached hydrogen (secondary N) is 1. The highest BCUT2D eigenvalue weighted by Crippen LogP contribution is 2.34. The lowest BCUT2D eigenvalue weighted by atomic mass is 10.2. The molecule has 4 rings (SSSR count). The molecule has 1 heterocycles. The fourth-order valence-corrected chi connectivity index (χ4v) is 4.10. The Kier molecular flexibility index (Phi) is 7.25. The zero-order valence-electron chi connectivity index (χ0n) is 18.4. The molecule has 0 aliphatic heterocycles. The van der Waals surface area contributed by atoms with Gasteiger partial charge in [-0.3, -0.25) is 14.9 Å². The zero-order chi connectivity index (χ0) is 24.9. The molecule has 0 amide bonds. The summed E-state index contributed by atoms with van der Waals surface area (Å²) >= 11 is 2.09. The minimum Gasteiger partial charge on any atom is -0.490 e. The van der Waals surface area contributed by atoms with Gasteiger partial charge >= 0.3 is 5.69 Å². The maximum Gasteiger partial charge on any atom is 0.349 e. The lowest BCUT2D eigenvalue weighted by Gasteiger charge is -2.14. The minimum absolute atomic E-state index is 0.00586. The van der Waals surface area contributed by atoms with Crippen LogP contribution in [0.4, 0.5) is 5.69 Å². The van der Waals surface area contributed by atoms with Gasteiger partial charge in [-0.15, -0.1) is 4.68 Å². The Morgan fingerprint density at radius 1 is 1.11 bits per heavy atom. The van der Waals surface area contributed by atoms with Gasteiger partial charge in [-0.05, 0) is 77.0 Å². The van der Waals surface area contributed by atoms with Crippen LogP contribution in [0.5, 0.6) is 11.5 Å². The number of aromatic amines is 1. The van der Waals surface area contributed by atoms with Crippen LogP contribution in [0, 0.1) is 13.7 Å². The molecule has 0 fully saturated rings. The van der Waals surface area contributed by atoms with Gasteiger partial charge in [-0.1, -0.05) is 12.1 Å². The average molecular weight is 586 g/mol. The minimum atomic E-state index is -0.646. The lowest BCUT2D eigenvalue weighted by Crippen LogP contribution is -2.32. The van der Waals surface area contributed by atoms with Crippen molar-refractivity contribution >= 4 is 45.4 Å². The second kappa shape index (κ2) is 10.5. The van der Waals surface area contributed by atoms with Crippen molar-refractivity contribution in [2.24, 2.45) is 5.10 Å². The summed E-state index contributed by atoms with van der Waals surface area (Å²) in [5.41, 5.74) is 0.633. The number of nitrogens with zero attached hydrogens (tertiary/aromatic N) is 3. The smallest absolute Gasteiger partial charge is 0.349 e. The van der Waals surface area contributed by atoms with Crippen molar-refractivity contribution in [3.63, 3.8) is 0 Å². The third-order valence-corrected chi connectivity index (χ3v) is 5.77. The number of ether oxygens (including phenoxy) is 2. The molecule has 178 valence electrons. The number of nitro groups is 1. The van der Waals surface area contributed by atoms with Gasteiger partial charge < -0.3 is 14.5 Å². The van der Waals surface area contributed by atoms with Crippen LogP contribution in [-0.4, -0.2) is 27.4 Å². The molecule has 3 aromatic carbocycles. The first kappa shape index (κ1) is 24.1. The second-order valence-electron chi connectivity index (χ2n) is 7.31. The molecular formula is C24H19IN4O6. The van der Waals surface area contributed by atoms with E-state index in [0.29, 0.717) is 34.6 Å². The first-order valence-corrected chi connectivity index (χ1v) is 11.6. The highest BCUT2D eigenvalue weighted by Gasteiger charge is 2.13. The van der Waals surface area contributed by atoms with E-state index in [0.717, 1.165) is 13.8 Å². The van der Waals surface area contributed by atoms with E-state index in [9.17, 15) is 19.7 Å². The molecule has 0 bridgehead atoms. The number of halogens is 1. The maximum atomic E-state index is 12.7. The van der Waals surface area contributed by atoms with Gasteiger partial charge in [0.2, 0.25) is 0 Å². The Hall–Kier alpha value is -4.00. The highest BCUT2D eigenvalue weighted by atomic mass is 127. The van der Waals surface area contributed by atoms with E-state index in [2.05, 4.69) is 32.7 Å². The fraction of sp³-hybridized carbons (Fsp3) is 0.125. The number of non-ortho nitro benzene ring substituents is 1. The molecule has 0 aliphatic carbocycles. The molecule has 0 atom stereocenters. The van der Waals surface area contributed by atoms with E-state index in [1.807, 2.05) is 6.92 Å². The van der Waals surface area contributed by atoms with Crippen LogP contribution in [0.15, 0.2) is 75.4 Å². The predicted octanol–water partition coefficient (Wildman–Crippen LogP) is 4.06. The highest BCUT2D eigenvalue weighted by molar-refractivity contribution is 14.1. The Bertz CT molecular complexity index is 1540. The largest absolute Gasteiger partial charge is 0.490 e. The number of para-hydroxylation sites is 1. The van der Waals surface area contributed by atoms with E-state index >= 15 is 0 Å². The topological polar surface area (TPSA) is 129 Å². The van der Waals surface area contributed by atoms with E-state index in [-0.39, 0.29) is 12.3 Å². The molecule has 0 aliphatic rings. The Morgan fingerprint density at radius 2 is 1.86 bits per heavy atom. The number of benzene rings is 3. The molecule has 1 N–H and O–H groups in total. The molecule has 11 heteroatoms. The summed E-state index contributed by atoms with van der Waals surface area (Å²) in [6.45, 7) is 2.40. The summed E-state index contributed by atoms with van der Waals surface area (Å²) in [5.74, 6) is 0.964. The van der Waals surface area contributed by atoms with Crippen molar-refractivity contribution in [1.29, 1.82) is 0 Å². The van der Waals surface area contributed by atoms with Crippen molar-refractivity contribution in [2.45, 2.75) is 13.5 Å². The van der Waals surface area contributed by atoms with Gasteiger partial charge in [0.15, 0.2) is 11.5 Å².